The second-order valence-corrected chi connectivity index (χ2v) is 4.40. The van der Waals surface area contributed by atoms with Gasteiger partial charge in [0.1, 0.15) is 11.5 Å². The molecule has 0 N–H and O–H groups in total. The zero-order chi connectivity index (χ0) is 15.1. The lowest BCUT2D eigenvalue weighted by Gasteiger charge is -2.05. The van der Waals surface area contributed by atoms with Crippen LogP contribution in [0.15, 0.2) is 54.6 Å². The molecule has 2 rings (SSSR count). The summed E-state index contributed by atoms with van der Waals surface area (Å²) in [7, 11) is 1.56. The van der Waals surface area contributed by atoms with Crippen molar-refractivity contribution in [2.45, 2.75) is 6.92 Å². The fourth-order valence-corrected chi connectivity index (χ4v) is 1.98. The minimum Gasteiger partial charge on any atom is -0.496 e. The van der Waals surface area contributed by atoms with Crippen LogP contribution >= 0.6 is 0 Å². The average Bonchev–Trinajstić information content (AvgIpc) is 2.53. The zero-order valence-corrected chi connectivity index (χ0v) is 12.2. The summed E-state index contributed by atoms with van der Waals surface area (Å²) < 4.78 is 10.6. The second kappa shape index (κ2) is 7.29. The summed E-state index contributed by atoms with van der Waals surface area (Å²) in [5, 5.41) is 0. The van der Waals surface area contributed by atoms with E-state index >= 15 is 0 Å². The first-order chi connectivity index (χ1) is 10.2. The van der Waals surface area contributed by atoms with Gasteiger partial charge in [-0.3, -0.25) is 4.79 Å². The first-order valence-corrected chi connectivity index (χ1v) is 6.83. The van der Waals surface area contributed by atoms with E-state index in [1.165, 1.54) is 0 Å². The van der Waals surface area contributed by atoms with Crippen molar-refractivity contribution in [2.75, 3.05) is 13.7 Å². The van der Waals surface area contributed by atoms with Gasteiger partial charge in [-0.1, -0.05) is 30.3 Å². The number of rotatable bonds is 6. The number of benzene rings is 2. The molecule has 0 fully saturated rings. The van der Waals surface area contributed by atoms with Crippen LogP contribution in [-0.4, -0.2) is 19.5 Å². The Balaban J connectivity index is 2.17. The number of allylic oxidation sites excluding steroid dienone is 1. The van der Waals surface area contributed by atoms with Gasteiger partial charge in [0.15, 0.2) is 5.78 Å². The zero-order valence-electron chi connectivity index (χ0n) is 12.2. The molecule has 0 atom stereocenters. The van der Waals surface area contributed by atoms with E-state index in [1.807, 2.05) is 43.3 Å². The van der Waals surface area contributed by atoms with Gasteiger partial charge in [-0.15, -0.1) is 0 Å². The largest absolute Gasteiger partial charge is 0.496 e. The van der Waals surface area contributed by atoms with Gasteiger partial charge in [0.2, 0.25) is 0 Å². The Bertz CT molecular complexity index is 644. The number of ether oxygens (including phenoxy) is 2. The molecule has 2 aromatic rings. The van der Waals surface area contributed by atoms with Gasteiger partial charge >= 0.3 is 0 Å². The maximum Gasteiger partial charge on any atom is 0.189 e. The fraction of sp³-hybridized carbons (Fsp3) is 0.167. The highest BCUT2D eigenvalue weighted by molar-refractivity contribution is 6.08. The van der Waals surface area contributed by atoms with Crippen LogP contribution < -0.4 is 9.47 Å². The average molecular weight is 282 g/mol. The quantitative estimate of drug-likeness (QED) is 0.593. The molecule has 0 aliphatic heterocycles. The molecule has 0 unspecified atom stereocenters. The number of carbonyl (C=O) groups is 1. The molecular formula is C18H18O3. The molecule has 2 aromatic carbocycles. The van der Waals surface area contributed by atoms with Crippen molar-refractivity contribution in [2.24, 2.45) is 0 Å². The molecule has 0 radical (unpaired) electrons. The van der Waals surface area contributed by atoms with Crippen molar-refractivity contribution in [1.29, 1.82) is 0 Å². The number of methoxy groups -OCH3 is 1. The molecule has 0 aliphatic rings. The predicted octanol–water partition coefficient (Wildman–Crippen LogP) is 3.99. The first-order valence-electron chi connectivity index (χ1n) is 6.83. The third-order valence-corrected chi connectivity index (χ3v) is 2.97. The summed E-state index contributed by atoms with van der Waals surface area (Å²) in [6.45, 7) is 2.56. The Hall–Kier alpha value is -2.55. The van der Waals surface area contributed by atoms with Crippen LogP contribution in [0.4, 0.5) is 0 Å². The molecule has 0 amide bonds. The maximum absolute atomic E-state index is 12.2. The van der Waals surface area contributed by atoms with Crippen LogP contribution in [0, 0.1) is 0 Å². The van der Waals surface area contributed by atoms with Crippen molar-refractivity contribution >= 4 is 11.9 Å². The molecule has 0 aliphatic carbocycles. The first kappa shape index (κ1) is 14.9. The van der Waals surface area contributed by atoms with Crippen molar-refractivity contribution < 1.29 is 14.3 Å². The van der Waals surface area contributed by atoms with E-state index in [1.54, 1.807) is 31.4 Å². The van der Waals surface area contributed by atoms with Crippen molar-refractivity contribution in [1.82, 2.24) is 0 Å². The minimum atomic E-state index is -0.0886. The lowest BCUT2D eigenvalue weighted by molar-refractivity contribution is 0.104. The maximum atomic E-state index is 12.2. The highest BCUT2D eigenvalue weighted by atomic mass is 16.5. The molecule has 0 saturated carbocycles. The van der Waals surface area contributed by atoms with E-state index in [2.05, 4.69) is 0 Å². The number of hydrogen-bond donors (Lipinski definition) is 0. The molecule has 3 heteroatoms. The van der Waals surface area contributed by atoms with Crippen LogP contribution in [0.5, 0.6) is 11.5 Å². The Morgan fingerprint density at radius 3 is 2.71 bits per heavy atom. The van der Waals surface area contributed by atoms with E-state index in [0.717, 1.165) is 11.3 Å². The molecule has 0 heterocycles. The van der Waals surface area contributed by atoms with Crippen molar-refractivity contribution in [3.63, 3.8) is 0 Å². The van der Waals surface area contributed by atoms with E-state index in [9.17, 15) is 4.79 Å². The summed E-state index contributed by atoms with van der Waals surface area (Å²) in [5.74, 6) is 1.29. The van der Waals surface area contributed by atoms with Gasteiger partial charge in [-0.25, -0.2) is 0 Å². The van der Waals surface area contributed by atoms with Gasteiger partial charge in [-0.05, 0) is 42.8 Å². The molecule has 0 spiro atoms. The van der Waals surface area contributed by atoms with Gasteiger partial charge in [0.25, 0.3) is 0 Å². The van der Waals surface area contributed by atoms with E-state index < -0.39 is 0 Å². The molecule has 0 saturated heterocycles. The number of carbonyl (C=O) groups excluding carboxylic acids is 1. The number of para-hydroxylation sites is 1. The van der Waals surface area contributed by atoms with Crippen LogP contribution in [0.3, 0.4) is 0 Å². The van der Waals surface area contributed by atoms with Gasteiger partial charge < -0.3 is 9.47 Å². The molecule has 0 bridgehead atoms. The molecule has 108 valence electrons. The highest BCUT2D eigenvalue weighted by Crippen LogP contribution is 2.19. The van der Waals surface area contributed by atoms with E-state index in [0.29, 0.717) is 17.9 Å². The molecular weight excluding hydrogens is 264 g/mol. The topological polar surface area (TPSA) is 35.5 Å². The Labute approximate surface area is 124 Å². The fourth-order valence-electron chi connectivity index (χ4n) is 1.98. The predicted molar refractivity (Wildman–Crippen MR) is 84.0 cm³/mol. The van der Waals surface area contributed by atoms with E-state index in [-0.39, 0.29) is 5.78 Å². The van der Waals surface area contributed by atoms with Gasteiger partial charge in [-0.2, -0.15) is 0 Å². The van der Waals surface area contributed by atoms with Gasteiger partial charge in [0.05, 0.1) is 19.3 Å². The lowest BCUT2D eigenvalue weighted by atomic mass is 10.1. The molecule has 0 aromatic heterocycles. The Kier molecular flexibility index (Phi) is 5.16. The normalized spacial score (nSPS) is 10.6. The molecule has 21 heavy (non-hydrogen) atoms. The van der Waals surface area contributed by atoms with E-state index in [4.69, 9.17) is 9.47 Å². The minimum absolute atomic E-state index is 0.0886. The van der Waals surface area contributed by atoms with Crippen LogP contribution in [0.25, 0.3) is 6.08 Å². The third-order valence-electron chi connectivity index (χ3n) is 2.97. The summed E-state index contributed by atoms with van der Waals surface area (Å²) in [6.07, 6.45) is 3.32. The SMILES string of the molecule is CCOc1cccc(/C=C/C(=O)c2ccccc2OC)c1. The summed E-state index contributed by atoms with van der Waals surface area (Å²) in [6, 6.07) is 14.8. The van der Waals surface area contributed by atoms with Crippen LogP contribution in [0.1, 0.15) is 22.8 Å². The lowest BCUT2D eigenvalue weighted by Crippen LogP contribution is -1.98. The summed E-state index contributed by atoms with van der Waals surface area (Å²) in [4.78, 5) is 12.2. The summed E-state index contributed by atoms with van der Waals surface area (Å²) >= 11 is 0. The smallest absolute Gasteiger partial charge is 0.189 e. The van der Waals surface area contributed by atoms with Crippen LogP contribution in [0.2, 0.25) is 0 Å². The standard InChI is InChI=1S/C18H18O3/c1-3-21-15-8-6-7-14(13-15)11-12-17(19)16-9-4-5-10-18(16)20-2/h4-13H,3H2,1-2H3/b12-11+. The van der Waals surface area contributed by atoms with Crippen molar-refractivity contribution in [3.05, 3.63) is 65.7 Å². The van der Waals surface area contributed by atoms with Crippen molar-refractivity contribution in [3.8, 4) is 11.5 Å². The monoisotopic (exact) mass is 282 g/mol. The molecule has 3 nitrogen and oxygen atoms in total. The second-order valence-electron chi connectivity index (χ2n) is 4.40. The van der Waals surface area contributed by atoms with Gasteiger partial charge in [0, 0.05) is 0 Å². The Morgan fingerprint density at radius 1 is 1.14 bits per heavy atom. The summed E-state index contributed by atoms with van der Waals surface area (Å²) in [5.41, 5.74) is 1.47. The Morgan fingerprint density at radius 2 is 1.95 bits per heavy atom. The highest BCUT2D eigenvalue weighted by Gasteiger charge is 2.07. The number of hydrogen-bond acceptors (Lipinski definition) is 3. The van der Waals surface area contributed by atoms with Crippen LogP contribution in [-0.2, 0) is 0 Å². The number of ketones is 1. The third kappa shape index (κ3) is 3.96.